The molecule has 0 unspecified atom stereocenters. The zero-order chi connectivity index (χ0) is 13.7. The van der Waals surface area contributed by atoms with Crippen molar-refractivity contribution in [3.05, 3.63) is 41.7 Å². The third-order valence-corrected chi connectivity index (χ3v) is 2.49. The first-order chi connectivity index (χ1) is 9.17. The zero-order valence-electron chi connectivity index (χ0n) is 11.0. The molecule has 1 aromatic carbocycles. The standard InChI is InChI=1S/C14H16N2O3/c1-3-18-12-6-4-11(5-7-12)9-14(17)15-13-8-10(2)19-16-13/h4-8H,3,9H2,1-2H3,(H,15,16,17). The molecule has 0 radical (unpaired) electrons. The van der Waals surface area contributed by atoms with E-state index >= 15 is 0 Å². The first-order valence-corrected chi connectivity index (χ1v) is 6.12. The van der Waals surface area contributed by atoms with Gasteiger partial charge in [0.05, 0.1) is 13.0 Å². The first-order valence-electron chi connectivity index (χ1n) is 6.12. The Balaban J connectivity index is 1.91. The van der Waals surface area contributed by atoms with E-state index in [-0.39, 0.29) is 12.3 Å². The van der Waals surface area contributed by atoms with Gasteiger partial charge in [-0.3, -0.25) is 4.79 Å². The van der Waals surface area contributed by atoms with E-state index in [1.54, 1.807) is 13.0 Å². The molecule has 100 valence electrons. The Labute approximate surface area is 111 Å². The van der Waals surface area contributed by atoms with Crippen molar-refractivity contribution in [3.63, 3.8) is 0 Å². The number of aryl methyl sites for hydroxylation is 1. The number of hydrogen-bond acceptors (Lipinski definition) is 4. The number of carbonyl (C=O) groups excluding carboxylic acids is 1. The summed E-state index contributed by atoms with van der Waals surface area (Å²) in [5.41, 5.74) is 0.918. The van der Waals surface area contributed by atoms with Crippen molar-refractivity contribution < 1.29 is 14.1 Å². The Kier molecular flexibility index (Phi) is 4.18. The Bertz CT molecular complexity index is 546. The van der Waals surface area contributed by atoms with Crippen molar-refractivity contribution >= 4 is 11.7 Å². The molecule has 1 N–H and O–H groups in total. The van der Waals surface area contributed by atoms with E-state index < -0.39 is 0 Å². The minimum absolute atomic E-state index is 0.127. The summed E-state index contributed by atoms with van der Waals surface area (Å²) in [7, 11) is 0. The second-order valence-electron chi connectivity index (χ2n) is 4.12. The molecular weight excluding hydrogens is 244 g/mol. The van der Waals surface area contributed by atoms with Gasteiger partial charge in [-0.25, -0.2) is 0 Å². The SMILES string of the molecule is CCOc1ccc(CC(=O)Nc2cc(C)on2)cc1. The molecule has 5 nitrogen and oxygen atoms in total. The number of ether oxygens (including phenoxy) is 1. The Morgan fingerprint density at radius 2 is 2.11 bits per heavy atom. The molecule has 19 heavy (non-hydrogen) atoms. The summed E-state index contributed by atoms with van der Waals surface area (Å²) in [6.45, 7) is 4.34. The van der Waals surface area contributed by atoms with Gasteiger partial charge in [0.1, 0.15) is 11.5 Å². The highest BCUT2D eigenvalue weighted by molar-refractivity contribution is 5.91. The fourth-order valence-corrected chi connectivity index (χ4v) is 1.67. The summed E-state index contributed by atoms with van der Waals surface area (Å²) in [5.74, 6) is 1.78. The van der Waals surface area contributed by atoms with Gasteiger partial charge in [-0.1, -0.05) is 17.3 Å². The molecule has 1 aromatic heterocycles. The molecule has 2 rings (SSSR count). The molecule has 0 aliphatic rings. The van der Waals surface area contributed by atoms with Gasteiger partial charge in [0.2, 0.25) is 5.91 Å². The van der Waals surface area contributed by atoms with Gasteiger partial charge in [-0.2, -0.15) is 0 Å². The van der Waals surface area contributed by atoms with Crippen LogP contribution in [0.15, 0.2) is 34.9 Å². The monoisotopic (exact) mass is 260 g/mol. The molecule has 0 aliphatic carbocycles. The van der Waals surface area contributed by atoms with Crippen LogP contribution in [0.2, 0.25) is 0 Å². The van der Waals surface area contributed by atoms with Gasteiger partial charge >= 0.3 is 0 Å². The summed E-state index contributed by atoms with van der Waals surface area (Å²) < 4.78 is 10.2. The molecule has 5 heteroatoms. The summed E-state index contributed by atoms with van der Waals surface area (Å²) in [5, 5.41) is 6.38. The van der Waals surface area contributed by atoms with Crippen molar-refractivity contribution in [1.82, 2.24) is 5.16 Å². The van der Waals surface area contributed by atoms with E-state index in [1.165, 1.54) is 0 Å². The number of nitrogens with one attached hydrogen (secondary N) is 1. The highest BCUT2D eigenvalue weighted by Crippen LogP contribution is 2.13. The van der Waals surface area contributed by atoms with Crippen LogP contribution < -0.4 is 10.1 Å². The lowest BCUT2D eigenvalue weighted by Gasteiger charge is -2.05. The fourth-order valence-electron chi connectivity index (χ4n) is 1.67. The van der Waals surface area contributed by atoms with Crippen LogP contribution in [0.4, 0.5) is 5.82 Å². The van der Waals surface area contributed by atoms with E-state index in [2.05, 4.69) is 10.5 Å². The first kappa shape index (κ1) is 13.1. The molecule has 1 amide bonds. The van der Waals surface area contributed by atoms with Crippen molar-refractivity contribution in [2.24, 2.45) is 0 Å². The Morgan fingerprint density at radius 1 is 1.37 bits per heavy atom. The fraction of sp³-hybridized carbons (Fsp3) is 0.286. The van der Waals surface area contributed by atoms with Crippen LogP contribution in [0.25, 0.3) is 0 Å². The third kappa shape index (κ3) is 3.84. The maximum Gasteiger partial charge on any atom is 0.230 e. The normalized spacial score (nSPS) is 10.2. The minimum Gasteiger partial charge on any atom is -0.494 e. The Hall–Kier alpha value is -2.30. The van der Waals surface area contributed by atoms with Crippen molar-refractivity contribution in [3.8, 4) is 5.75 Å². The quantitative estimate of drug-likeness (QED) is 0.897. The number of hydrogen-bond donors (Lipinski definition) is 1. The van der Waals surface area contributed by atoms with E-state index in [0.717, 1.165) is 11.3 Å². The van der Waals surface area contributed by atoms with Gasteiger partial charge in [0.25, 0.3) is 0 Å². The van der Waals surface area contributed by atoms with Gasteiger partial charge in [-0.15, -0.1) is 0 Å². The van der Waals surface area contributed by atoms with Crippen LogP contribution in [0.5, 0.6) is 5.75 Å². The molecule has 0 spiro atoms. The summed E-state index contributed by atoms with van der Waals surface area (Å²) in [4.78, 5) is 11.8. The van der Waals surface area contributed by atoms with E-state index in [9.17, 15) is 4.79 Å². The Morgan fingerprint density at radius 3 is 2.68 bits per heavy atom. The van der Waals surface area contributed by atoms with Crippen molar-refractivity contribution in [2.45, 2.75) is 20.3 Å². The minimum atomic E-state index is -0.127. The average Bonchev–Trinajstić information content (AvgIpc) is 2.77. The van der Waals surface area contributed by atoms with Gasteiger partial charge in [0, 0.05) is 6.07 Å². The summed E-state index contributed by atoms with van der Waals surface area (Å²) in [6.07, 6.45) is 0.290. The number of carbonyl (C=O) groups is 1. The summed E-state index contributed by atoms with van der Waals surface area (Å²) >= 11 is 0. The number of aromatic nitrogens is 1. The topological polar surface area (TPSA) is 64.4 Å². The average molecular weight is 260 g/mol. The lowest BCUT2D eigenvalue weighted by Crippen LogP contribution is -2.14. The predicted molar refractivity (Wildman–Crippen MR) is 71.2 cm³/mol. The van der Waals surface area contributed by atoms with E-state index in [1.807, 2.05) is 31.2 Å². The number of benzene rings is 1. The van der Waals surface area contributed by atoms with Crippen molar-refractivity contribution in [1.29, 1.82) is 0 Å². The lowest BCUT2D eigenvalue weighted by atomic mass is 10.1. The second kappa shape index (κ2) is 6.04. The van der Waals surface area contributed by atoms with Crippen LogP contribution >= 0.6 is 0 Å². The van der Waals surface area contributed by atoms with Crippen LogP contribution in [-0.2, 0) is 11.2 Å². The molecule has 0 saturated carbocycles. The van der Waals surface area contributed by atoms with Crippen LogP contribution in [0.1, 0.15) is 18.2 Å². The highest BCUT2D eigenvalue weighted by atomic mass is 16.5. The molecule has 0 atom stereocenters. The van der Waals surface area contributed by atoms with Crippen LogP contribution in [0.3, 0.4) is 0 Å². The molecule has 0 aliphatic heterocycles. The van der Waals surface area contributed by atoms with Gasteiger partial charge < -0.3 is 14.6 Å². The third-order valence-electron chi connectivity index (χ3n) is 2.49. The largest absolute Gasteiger partial charge is 0.494 e. The van der Waals surface area contributed by atoms with Crippen LogP contribution in [-0.4, -0.2) is 17.7 Å². The highest BCUT2D eigenvalue weighted by Gasteiger charge is 2.07. The molecule has 0 bridgehead atoms. The molecule has 0 fully saturated rings. The van der Waals surface area contributed by atoms with Gasteiger partial charge in [-0.05, 0) is 31.5 Å². The summed E-state index contributed by atoms with van der Waals surface area (Å²) in [6, 6.07) is 9.13. The smallest absolute Gasteiger partial charge is 0.230 e. The number of rotatable bonds is 5. The number of nitrogens with zero attached hydrogens (tertiary/aromatic N) is 1. The maximum atomic E-state index is 11.8. The molecule has 1 heterocycles. The van der Waals surface area contributed by atoms with Crippen molar-refractivity contribution in [2.75, 3.05) is 11.9 Å². The second-order valence-corrected chi connectivity index (χ2v) is 4.12. The van der Waals surface area contributed by atoms with E-state index in [0.29, 0.717) is 18.2 Å². The zero-order valence-corrected chi connectivity index (χ0v) is 11.0. The maximum absolute atomic E-state index is 11.8. The molecule has 2 aromatic rings. The van der Waals surface area contributed by atoms with Crippen LogP contribution in [0, 0.1) is 6.92 Å². The van der Waals surface area contributed by atoms with Gasteiger partial charge in [0.15, 0.2) is 5.82 Å². The predicted octanol–water partition coefficient (Wildman–Crippen LogP) is 2.56. The van der Waals surface area contributed by atoms with E-state index in [4.69, 9.17) is 9.26 Å². The number of anilines is 1. The lowest BCUT2D eigenvalue weighted by molar-refractivity contribution is -0.115. The molecule has 0 saturated heterocycles. The molecular formula is C14H16N2O3. The number of amides is 1.